The van der Waals surface area contributed by atoms with E-state index < -0.39 is 0 Å². The fourth-order valence-corrected chi connectivity index (χ4v) is 3.03. The lowest BCUT2D eigenvalue weighted by atomic mass is 10.0. The Kier molecular flexibility index (Phi) is 2.58. The second kappa shape index (κ2) is 4.30. The highest BCUT2D eigenvalue weighted by Crippen LogP contribution is 2.39. The number of fused-ring (bicyclic) bond motifs is 1. The van der Waals surface area contributed by atoms with Crippen molar-refractivity contribution in [3.63, 3.8) is 0 Å². The number of hydrogen-bond acceptors (Lipinski definition) is 3. The maximum Gasteiger partial charge on any atom is 0.155 e. The molecule has 1 saturated carbocycles. The van der Waals surface area contributed by atoms with Crippen LogP contribution in [0, 0.1) is 6.92 Å². The van der Waals surface area contributed by atoms with Crippen LogP contribution in [0.5, 0.6) is 0 Å². The van der Waals surface area contributed by atoms with Crippen LogP contribution in [0.15, 0.2) is 12.1 Å². The predicted molar refractivity (Wildman–Crippen MR) is 74.3 cm³/mol. The Morgan fingerprint density at radius 1 is 1.16 bits per heavy atom. The molecule has 0 radical (unpaired) electrons. The number of nitrogens with one attached hydrogen (secondary N) is 1. The van der Waals surface area contributed by atoms with Crippen molar-refractivity contribution in [2.24, 2.45) is 0 Å². The predicted octanol–water partition coefficient (Wildman–Crippen LogP) is 2.73. The second-order valence-electron chi connectivity index (χ2n) is 5.94. The van der Waals surface area contributed by atoms with E-state index in [0.717, 1.165) is 17.9 Å². The molecule has 1 unspecified atom stereocenters. The van der Waals surface area contributed by atoms with E-state index in [0.29, 0.717) is 12.0 Å². The van der Waals surface area contributed by atoms with Crippen LogP contribution < -0.4 is 5.32 Å². The van der Waals surface area contributed by atoms with Gasteiger partial charge in [0.25, 0.3) is 0 Å². The molecule has 0 aromatic carbocycles. The van der Waals surface area contributed by atoms with Crippen LogP contribution in [-0.2, 0) is 0 Å². The first kappa shape index (κ1) is 11.4. The molecule has 4 nitrogen and oxygen atoms in total. The number of rotatable bonds is 2. The van der Waals surface area contributed by atoms with Crippen LogP contribution in [-0.4, -0.2) is 21.1 Å². The summed E-state index contributed by atoms with van der Waals surface area (Å²) >= 11 is 0. The van der Waals surface area contributed by atoms with E-state index in [4.69, 9.17) is 10.1 Å². The van der Waals surface area contributed by atoms with Crippen molar-refractivity contribution in [1.29, 1.82) is 0 Å². The van der Waals surface area contributed by atoms with Crippen LogP contribution in [0.1, 0.15) is 61.1 Å². The van der Waals surface area contributed by atoms with E-state index >= 15 is 0 Å². The summed E-state index contributed by atoms with van der Waals surface area (Å²) in [5, 5.41) is 8.31. The van der Waals surface area contributed by atoms with E-state index in [1.54, 1.807) is 0 Å². The summed E-state index contributed by atoms with van der Waals surface area (Å²) in [5.74, 6) is 0.704. The molecule has 2 aromatic heterocycles. The Balaban J connectivity index is 1.75. The fraction of sp³-hybridized carbons (Fsp3) is 0.600. The lowest BCUT2D eigenvalue weighted by Gasteiger charge is -2.21. The summed E-state index contributed by atoms with van der Waals surface area (Å²) in [6.45, 7) is 3.24. The molecule has 2 fully saturated rings. The van der Waals surface area contributed by atoms with Gasteiger partial charge in [0.2, 0.25) is 0 Å². The van der Waals surface area contributed by atoms with Crippen molar-refractivity contribution < 1.29 is 0 Å². The minimum absolute atomic E-state index is 0.416. The molecule has 1 aliphatic heterocycles. The third-order valence-corrected chi connectivity index (χ3v) is 4.31. The summed E-state index contributed by atoms with van der Waals surface area (Å²) < 4.78 is 2.00. The van der Waals surface area contributed by atoms with Gasteiger partial charge in [-0.1, -0.05) is 6.42 Å². The van der Waals surface area contributed by atoms with E-state index in [2.05, 4.69) is 24.4 Å². The molecule has 4 heteroatoms. The van der Waals surface area contributed by atoms with E-state index in [9.17, 15) is 0 Å². The zero-order valence-corrected chi connectivity index (χ0v) is 11.4. The molecule has 0 spiro atoms. The van der Waals surface area contributed by atoms with Crippen LogP contribution in [0.25, 0.3) is 5.65 Å². The van der Waals surface area contributed by atoms with Crippen molar-refractivity contribution in [2.45, 2.75) is 51.0 Å². The Bertz CT molecular complexity index is 606. The van der Waals surface area contributed by atoms with Crippen molar-refractivity contribution in [3.05, 3.63) is 29.2 Å². The molecule has 0 bridgehead atoms. The molecule has 4 rings (SSSR count). The molecular formula is C15H20N4. The Morgan fingerprint density at radius 3 is 2.79 bits per heavy atom. The van der Waals surface area contributed by atoms with Crippen LogP contribution in [0.2, 0.25) is 0 Å². The molecule has 0 amide bonds. The molecule has 2 aromatic rings. The summed E-state index contributed by atoms with van der Waals surface area (Å²) in [4.78, 5) is 4.79. The van der Waals surface area contributed by atoms with Crippen molar-refractivity contribution in [1.82, 2.24) is 19.9 Å². The SMILES string of the molecule is Cc1cc(C2CC2)nc2cc(C3CCCCN3)nn12. The smallest absolute Gasteiger partial charge is 0.155 e. The number of piperidine rings is 1. The van der Waals surface area contributed by atoms with Crippen LogP contribution >= 0.6 is 0 Å². The van der Waals surface area contributed by atoms with Crippen LogP contribution in [0.3, 0.4) is 0 Å². The maximum atomic E-state index is 4.79. The van der Waals surface area contributed by atoms with Gasteiger partial charge in [0, 0.05) is 23.4 Å². The number of aryl methyl sites for hydroxylation is 1. The van der Waals surface area contributed by atoms with Crippen LogP contribution in [0.4, 0.5) is 0 Å². The van der Waals surface area contributed by atoms with Gasteiger partial charge in [-0.25, -0.2) is 9.50 Å². The number of hydrogen-bond donors (Lipinski definition) is 1. The second-order valence-corrected chi connectivity index (χ2v) is 5.94. The van der Waals surface area contributed by atoms with E-state index in [-0.39, 0.29) is 0 Å². The van der Waals surface area contributed by atoms with Crippen molar-refractivity contribution in [2.75, 3.05) is 6.54 Å². The van der Waals surface area contributed by atoms with Gasteiger partial charge in [0.15, 0.2) is 5.65 Å². The molecular weight excluding hydrogens is 236 g/mol. The minimum Gasteiger partial charge on any atom is -0.309 e. The first-order chi connectivity index (χ1) is 9.31. The molecule has 1 N–H and O–H groups in total. The van der Waals surface area contributed by atoms with Crippen molar-refractivity contribution in [3.8, 4) is 0 Å². The highest BCUT2D eigenvalue weighted by molar-refractivity contribution is 5.43. The maximum absolute atomic E-state index is 4.79. The quantitative estimate of drug-likeness (QED) is 0.898. The third kappa shape index (κ3) is 2.04. The minimum atomic E-state index is 0.416. The molecule has 1 atom stereocenters. The average Bonchev–Trinajstić information content (AvgIpc) is 3.19. The average molecular weight is 256 g/mol. The largest absolute Gasteiger partial charge is 0.309 e. The van der Waals surface area contributed by atoms with Gasteiger partial charge >= 0.3 is 0 Å². The van der Waals surface area contributed by atoms with E-state index in [1.165, 1.54) is 43.5 Å². The standard InChI is InChI=1S/C15H20N4/c1-10-8-13(11-5-6-11)17-15-9-14(18-19(10)15)12-4-2-3-7-16-12/h8-9,11-12,16H,2-7H2,1H3. The summed E-state index contributed by atoms with van der Waals surface area (Å²) in [7, 11) is 0. The lowest BCUT2D eigenvalue weighted by Crippen LogP contribution is -2.27. The molecule has 2 aliphatic rings. The Hall–Kier alpha value is -1.42. The lowest BCUT2D eigenvalue weighted by molar-refractivity contribution is 0.404. The first-order valence-corrected chi connectivity index (χ1v) is 7.42. The fourth-order valence-electron chi connectivity index (χ4n) is 3.03. The number of aromatic nitrogens is 3. The van der Waals surface area contributed by atoms with Crippen molar-refractivity contribution >= 4 is 5.65 Å². The zero-order chi connectivity index (χ0) is 12.8. The first-order valence-electron chi connectivity index (χ1n) is 7.42. The van der Waals surface area contributed by atoms with Gasteiger partial charge in [-0.15, -0.1) is 0 Å². The normalized spacial score (nSPS) is 23.9. The van der Waals surface area contributed by atoms with Gasteiger partial charge in [-0.2, -0.15) is 5.10 Å². The molecule has 19 heavy (non-hydrogen) atoms. The topological polar surface area (TPSA) is 42.2 Å². The third-order valence-electron chi connectivity index (χ3n) is 4.31. The summed E-state index contributed by atoms with van der Waals surface area (Å²) in [5.41, 5.74) is 4.63. The molecule has 3 heterocycles. The summed E-state index contributed by atoms with van der Waals surface area (Å²) in [6.07, 6.45) is 6.37. The van der Waals surface area contributed by atoms with Gasteiger partial charge in [0.05, 0.1) is 11.7 Å². The Labute approximate surface area is 113 Å². The highest BCUT2D eigenvalue weighted by atomic mass is 15.3. The summed E-state index contributed by atoms with van der Waals surface area (Å²) in [6, 6.07) is 4.79. The van der Waals surface area contributed by atoms with Gasteiger partial charge < -0.3 is 5.32 Å². The van der Waals surface area contributed by atoms with E-state index in [1.807, 2.05) is 4.52 Å². The molecule has 1 aliphatic carbocycles. The Morgan fingerprint density at radius 2 is 2.05 bits per heavy atom. The highest BCUT2D eigenvalue weighted by Gasteiger charge is 2.26. The monoisotopic (exact) mass is 256 g/mol. The molecule has 1 saturated heterocycles. The zero-order valence-electron chi connectivity index (χ0n) is 11.4. The van der Waals surface area contributed by atoms with Gasteiger partial charge in [0.1, 0.15) is 0 Å². The van der Waals surface area contributed by atoms with Gasteiger partial charge in [-0.05, 0) is 45.2 Å². The number of nitrogens with zero attached hydrogens (tertiary/aromatic N) is 3. The molecule has 100 valence electrons. The van der Waals surface area contributed by atoms with Gasteiger partial charge in [-0.3, -0.25) is 0 Å².